The largest absolute Gasteiger partial charge is 0.356 e. The number of hydrogen-bond donors (Lipinski definition) is 1. The van der Waals surface area contributed by atoms with E-state index in [-0.39, 0.29) is 18.9 Å². The van der Waals surface area contributed by atoms with E-state index >= 15 is 0 Å². The van der Waals surface area contributed by atoms with Crippen LogP contribution in [0, 0.1) is 5.92 Å². The maximum Gasteiger partial charge on any atom is 0.221 e. The predicted molar refractivity (Wildman–Crippen MR) is 78.4 cm³/mol. The molecule has 0 rings (SSSR count). The number of amides is 1. The third-order valence-corrected chi connectivity index (χ3v) is 4.17. The molecule has 0 bridgehead atoms. The van der Waals surface area contributed by atoms with Gasteiger partial charge in [-0.05, 0) is 18.8 Å². The monoisotopic (exact) mass is 292 g/mol. The highest BCUT2D eigenvalue weighted by Gasteiger charge is 2.16. The minimum atomic E-state index is -3.21. The molecule has 0 radical (unpaired) electrons. The first kappa shape index (κ1) is 18.4. The van der Waals surface area contributed by atoms with Crippen molar-refractivity contribution in [3.8, 4) is 0 Å². The Kier molecular flexibility index (Phi) is 9.01. The van der Waals surface area contributed by atoms with Gasteiger partial charge >= 0.3 is 0 Å². The predicted octanol–water partition coefficient (Wildman–Crippen LogP) is 1.60. The Morgan fingerprint density at radius 3 is 2.37 bits per heavy atom. The Labute approximate surface area is 117 Å². The van der Waals surface area contributed by atoms with Crippen LogP contribution in [0.25, 0.3) is 0 Å². The molecule has 114 valence electrons. The van der Waals surface area contributed by atoms with Crippen LogP contribution >= 0.6 is 0 Å². The summed E-state index contributed by atoms with van der Waals surface area (Å²) in [6.07, 6.45) is 4.13. The Bertz CT molecular complexity index is 353. The van der Waals surface area contributed by atoms with Crippen molar-refractivity contribution in [3.05, 3.63) is 0 Å². The van der Waals surface area contributed by atoms with Crippen molar-refractivity contribution < 1.29 is 13.2 Å². The third-order valence-electron chi connectivity index (χ3n) is 2.86. The molecular formula is C13H28N2O3S. The quantitative estimate of drug-likeness (QED) is 0.665. The van der Waals surface area contributed by atoms with Crippen molar-refractivity contribution in [1.82, 2.24) is 9.62 Å². The molecule has 5 nitrogen and oxygen atoms in total. The van der Waals surface area contributed by atoms with Gasteiger partial charge in [0.15, 0.2) is 0 Å². The zero-order valence-corrected chi connectivity index (χ0v) is 13.4. The van der Waals surface area contributed by atoms with Crippen LogP contribution in [0.3, 0.4) is 0 Å². The molecule has 6 heteroatoms. The van der Waals surface area contributed by atoms with Crippen molar-refractivity contribution in [2.45, 2.75) is 46.5 Å². The van der Waals surface area contributed by atoms with E-state index in [1.165, 1.54) is 10.6 Å². The van der Waals surface area contributed by atoms with Gasteiger partial charge in [0.2, 0.25) is 15.9 Å². The van der Waals surface area contributed by atoms with Crippen LogP contribution in [0.1, 0.15) is 46.5 Å². The summed E-state index contributed by atoms with van der Waals surface area (Å²) in [6, 6.07) is 0. The topological polar surface area (TPSA) is 66.5 Å². The summed E-state index contributed by atoms with van der Waals surface area (Å²) in [5.74, 6) is 0.475. The van der Waals surface area contributed by atoms with Gasteiger partial charge in [-0.3, -0.25) is 4.79 Å². The molecule has 0 spiro atoms. The van der Waals surface area contributed by atoms with Crippen LogP contribution in [-0.2, 0) is 14.8 Å². The van der Waals surface area contributed by atoms with E-state index < -0.39 is 10.0 Å². The average Bonchev–Trinajstić information content (AvgIpc) is 2.26. The van der Waals surface area contributed by atoms with Crippen molar-refractivity contribution in [3.63, 3.8) is 0 Å². The molecule has 0 atom stereocenters. The highest BCUT2D eigenvalue weighted by Crippen LogP contribution is 2.03. The molecule has 0 saturated heterocycles. The molecule has 1 N–H and O–H groups in total. The molecule has 0 heterocycles. The minimum Gasteiger partial charge on any atom is -0.356 e. The lowest BCUT2D eigenvalue weighted by atomic mass is 10.1. The lowest BCUT2D eigenvalue weighted by molar-refractivity contribution is -0.121. The molecule has 0 aliphatic carbocycles. The van der Waals surface area contributed by atoms with E-state index in [9.17, 15) is 13.2 Å². The van der Waals surface area contributed by atoms with E-state index in [1.54, 1.807) is 0 Å². The highest BCUT2D eigenvalue weighted by atomic mass is 32.2. The zero-order chi connectivity index (χ0) is 14.9. The molecule has 0 aliphatic heterocycles. The van der Waals surface area contributed by atoms with Crippen LogP contribution in [0.5, 0.6) is 0 Å². The molecule has 0 saturated carbocycles. The van der Waals surface area contributed by atoms with Crippen molar-refractivity contribution >= 4 is 15.9 Å². The van der Waals surface area contributed by atoms with E-state index in [2.05, 4.69) is 19.2 Å². The van der Waals surface area contributed by atoms with E-state index in [0.29, 0.717) is 19.0 Å². The maximum absolute atomic E-state index is 11.6. The summed E-state index contributed by atoms with van der Waals surface area (Å²) in [7, 11) is -3.21. The number of sulfonamides is 1. The second kappa shape index (κ2) is 9.31. The molecule has 0 aromatic rings. The van der Waals surface area contributed by atoms with Gasteiger partial charge < -0.3 is 5.32 Å². The van der Waals surface area contributed by atoms with Crippen LogP contribution in [-0.4, -0.2) is 44.5 Å². The molecule has 0 aromatic carbocycles. The van der Waals surface area contributed by atoms with Crippen LogP contribution in [0.15, 0.2) is 0 Å². The normalized spacial score (nSPS) is 12.1. The third kappa shape index (κ3) is 9.90. The molecule has 0 unspecified atom stereocenters. The number of hydrogen-bond acceptors (Lipinski definition) is 3. The summed E-state index contributed by atoms with van der Waals surface area (Å²) in [4.78, 5) is 11.6. The Morgan fingerprint density at radius 2 is 1.89 bits per heavy atom. The van der Waals surface area contributed by atoms with Gasteiger partial charge in [-0.15, -0.1) is 0 Å². The van der Waals surface area contributed by atoms with Gasteiger partial charge in [-0.1, -0.05) is 27.2 Å². The van der Waals surface area contributed by atoms with Crippen LogP contribution in [0.2, 0.25) is 0 Å². The molecular weight excluding hydrogens is 264 g/mol. The summed E-state index contributed by atoms with van der Waals surface area (Å²) < 4.78 is 24.5. The van der Waals surface area contributed by atoms with Crippen LogP contribution < -0.4 is 5.32 Å². The number of nitrogens with one attached hydrogen (secondary N) is 1. The standard InChI is InChI=1S/C13H28N2O3S/c1-5-6-10-15(19(4,17)18)11-8-13(16)14-9-7-12(2)3/h12H,5-11H2,1-4H3,(H,14,16). The number of carbonyl (C=O) groups excluding carboxylic acids is 1. The zero-order valence-electron chi connectivity index (χ0n) is 12.6. The Hall–Kier alpha value is -0.620. The van der Waals surface area contributed by atoms with Gasteiger partial charge in [0.25, 0.3) is 0 Å². The Balaban J connectivity index is 4.07. The fraction of sp³-hybridized carbons (Fsp3) is 0.923. The second-order valence-electron chi connectivity index (χ2n) is 5.30. The summed E-state index contributed by atoms with van der Waals surface area (Å²) in [5, 5.41) is 2.82. The summed E-state index contributed by atoms with van der Waals surface area (Å²) >= 11 is 0. The van der Waals surface area contributed by atoms with Crippen molar-refractivity contribution in [2.24, 2.45) is 5.92 Å². The van der Waals surface area contributed by atoms with E-state index in [1.807, 2.05) is 6.92 Å². The molecule has 0 fully saturated rings. The van der Waals surface area contributed by atoms with Gasteiger partial charge in [0.05, 0.1) is 6.26 Å². The van der Waals surface area contributed by atoms with E-state index in [4.69, 9.17) is 0 Å². The molecule has 0 aromatic heterocycles. The van der Waals surface area contributed by atoms with Crippen LogP contribution in [0.4, 0.5) is 0 Å². The van der Waals surface area contributed by atoms with Crippen molar-refractivity contribution in [2.75, 3.05) is 25.9 Å². The van der Waals surface area contributed by atoms with Gasteiger partial charge in [-0.25, -0.2) is 12.7 Å². The molecule has 0 aliphatic rings. The van der Waals surface area contributed by atoms with Gasteiger partial charge in [0.1, 0.15) is 0 Å². The first-order chi connectivity index (χ1) is 8.77. The molecule has 1 amide bonds. The number of rotatable bonds is 10. The van der Waals surface area contributed by atoms with E-state index in [0.717, 1.165) is 19.3 Å². The van der Waals surface area contributed by atoms with Crippen molar-refractivity contribution in [1.29, 1.82) is 0 Å². The lowest BCUT2D eigenvalue weighted by Gasteiger charge is -2.19. The number of carbonyl (C=O) groups is 1. The number of nitrogens with zero attached hydrogens (tertiary/aromatic N) is 1. The first-order valence-electron chi connectivity index (χ1n) is 6.99. The minimum absolute atomic E-state index is 0.0780. The van der Waals surface area contributed by atoms with Gasteiger partial charge in [-0.2, -0.15) is 0 Å². The maximum atomic E-state index is 11.6. The van der Waals surface area contributed by atoms with Gasteiger partial charge in [0, 0.05) is 26.1 Å². The fourth-order valence-electron chi connectivity index (χ4n) is 1.59. The fourth-order valence-corrected chi connectivity index (χ4v) is 2.48. The lowest BCUT2D eigenvalue weighted by Crippen LogP contribution is -2.35. The summed E-state index contributed by atoms with van der Waals surface area (Å²) in [6.45, 7) is 7.63. The smallest absolute Gasteiger partial charge is 0.221 e. The Morgan fingerprint density at radius 1 is 1.26 bits per heavy atom. The average molecular weight is 292 g/mol. The highest BCUT2D eigenvalue weighted by molar-refractivity contribution is 7.88. The molecule has 19 heavy (non-hydrogen) atoms. The SMILES string of the molecule is CCCCN(CCC(=O)NCCC(C)C)S(C)(=O)=O. The second-order valence-corrected chi connectivity index (χ2v) is 7.28. The summed E-state index contributed by atoms with van der Waals surface area (Å²) in [5.41, 5.74) is 0. The number of unbranched alkanes of at least 4 members (excludes halogenated alkanes) is 1. The first-order valence-corrected chi connectivity index (χ1v) is 8.84.